The maximum Gasteiger partial charge on any atom is 0.416 e. The van der Waals surface area contributed by atoms with E-state index in [2.05, 4.69) is 4.98 Å². The molecule has 0 saturated carbocycles. The number of hydrogen-bond acceptors (Lipinski definition) is 3. The highest BCUT2D eigenvalue weighted by Gasteiger charge is 2.31. The molecule has 0 aliphatic carbocycles. The highest BCUT2D eigenvalue weighted by molar-refractivity contribution is 5.77. The van der Waals surface area contributed by atoms with Gasteiger partial charge < -0.3 is 10.6 Å². The zero-order chi connectivity index (χ0) is 13.8. The first kappa shape index (κ1) is 14.3. The minimum Gasteiger partial charge on any atom is -0.388 e. The zero-order valence-corrected chi connectivity index (χ0v) is 9.96. The monoisotopic (exact) mass is 260 g/mol. The maximum atomic E-state index is 12.5. The van der Waals surface area contributed by atoms with Gasteiger partial charge in [-0.25, -0.2) is 4.98 Å². The molecule has 0 amide bonds. The van der Waals surface area contributed by atoms with Crippen LogP contribution in [-0.4, -0.2) is 23.9 Å². The first-order valence-corrected chi connectivity index (χ1v) is 5.45. The van der Waals surface area contributed by atoms with Crippen LogP contribution in [0.25, 0.3) is 0 Å². The molecular weight excluding hydrogens is 245 g/mol. The van der Waals surface area contributed by atoms with E-state index in [0.717, 1.165) is 18.3 Å². The Morgan fingerprint density at radius 2 is 2.17 bits per heavy atom. The molecule has 0 unspecified atom stereocenters. The number of hydrogen-bond donors (Lipinski definition) is 2. The van der Waals surface area contributed by atoms with E-state index in [1.165, 1.54) is 0 Å². The number of nitrogens with two attached hydrogens (primary N) is 1. The normalized spacial score (nSPS) is 11.3. The van der Waals surface area contributed by atoms with Crippen LogP contribution in [0.15, 0.2) is 18.3 Å². The standard InChI is InChI=1S/C11H15F3N4/c1-2-18(6-4-9(15)16)10-7-8(3-5-17-10)11(12,13)14/h3,5,7H,2,4,6H2,1H3,(H3,15,16). The predicted octanol–water partition coefficient (Wildman–Crippen LogP) is 2.25. The minimum atomic E-state index is -4.38. The maximum absolute atomic E-state index is 12.5. The van der Waals surface area contributed by atoms with Crippen LogP contribution in [0.2, 0.25) is 0 Å². The lowest BCUT2D eigenvalue weighted by atomic mass is 10.2. The quantitative estimate of drug-likeness (QED) is 0.630. The Hall–Kier alpha value is -1.79. The van der Waals surface area contributed by atoms with E-state index in [0.29, 0.717) is 19.5 Å². The second kappa shape index (κ2) is 5.70. The summed E-state index contributed by atoms with van der Waals surface area (Å²) in [5.74, 6) is 0.244. The Bertz CT molecular complexity index is 417. The van der Waals surface area contributed by atoms with Crippen molar-refractivity contribution < 1.29 is 13.2 Å². The van der Waals surface area contributed by atoms with Crippen LogP contribution in [0.1, 0.15) is 18.9 Å². The summed E-state index contributed by atoms with van der Waals surface area (Å²) in [7, 11) is 0. The van der Waals surface area contributed by atoms with Gasteiger partial charge in [-0.05, 0) is 19.1 Å². The van der Waals surface area contributed by atoms with Crippen LogP contribution >= 0.6 is 0 Å². The summed E-state index contributed by atoms with van der Waals surface area (Å²) in [5, 5.41) is 7.12. The molecule has 1 aromatic rings. The topological polar surface area (TPSA) is 66.0 Å². The summed E-state index contributed by atoms with van der Waals surface area (Å²) in [6.07, 6.45) is -2.95. The van der Waals surface area contributed by atoms with Crippen LogP contribution in [0.4, 0.5) is 19.0 Å². The SMILES string of the molecule is CCN(CCC(=N)N)c1cc(C(F)(F)F)ccn1. The molecule has 4 nitrogen and oxygen atoms in total. The molecule has 0 fully saturated rings. The molecular formula is C11H15F3N4. The minimum absolute atomic E-state index is 0.000394. The summed E-state index contributed by atoms with van der Waals surface area (Å²) >= 11 is 0. The highest BCUT2D eigenvalue weighted by atomic mass is 19.4. The third kappa shape index (κ3) is 3.90. The smallest absolute Gasteiger partial charge is 0.388 e. The summed E-state index contributed by atoms with van der Waals surface area (Å²) < 4.78 is 37.6. The molecule has 0 saturated heterocycles. The first-order chi connectivity index (χ1) is 8.34. The van der Waals surface area contributed by atoms with Gasteiger partial charge in [-0.15, -0.1) is 0 Å². The van der Waals surface area contributed by atoms with Gasteiger partial charge in [-0.3, -0.25) is 5.41 Å². The van der Waals surface area contributed by atoms with Crippen molar-refractivity contribution in [2.75, 3.05) is 18.0 Å². The number of rotatable bonds is 5. The summed E-state index contributed by atoms with van der Waals surface area (Å²) in [6, 6.07) is 1.94. The third-order valence-corrected chi connectivity index (χ3v) is 2.43. The highest BCUT2D eigenvalue weighted by Crippen LogP contribution is 2.30. The van der Waals surface area contributed by atoms with Crippen molar-refractivity contribution >= 4 is 11.7 Å². The van der Waals surface area contributed by atoms with Crippen LogP contribution < -0.4 is 10.6 Å². The Morgan fingerprint density at radius 1 is 1.50 bits per heavy atom. The largest absolute Gasteiger partial charge is 0.416 e. The molecule has 100 valence electrons. The number of amidine groups is 1. The summed E-state index contributed by atoms with van der Waals surface area (Å²) in [6.45, 7) is 2.68. The van der Waals surface area contributed by atoms with Crippen molar-refractivity contribution in [1.29, 1.82) is 5.41 Å². The van der Waals surface area contributed by atoms with Crippen LogP contribution in [-0.2, 0) is 6.18 Å². The Morgan fingerprint density at radius 3 is 2.67 bits per heavy atom. The summed E-state index contributed by atoms with van der Waals surface area (Å²) in [5.41, 5.74) is 4.50. The van der Waals surface area contributed by atoms with Gasteiger partial charge in [0.1, 0.15) is 5.82 Å². The van der Waals surface area contributed by atoms with Gasteiger partial charge in [0.2, 0.25) is 0 Å². The number of halogens is 3. The molecule has 0 spiro atoms. The number of nitrogens with one attached hydrogen (secondary N) is 1. The molecule has 18 heavy (non-hydrogen) atoms. The number of pyridine rings is 1. The average Bonchev–Trinajstić information content (AvgIpc) is 2.29. The van der Waals surface area contributed by atoms with Gasteiger partial charge in [0.25, 0.3) is 0 Å². The fourth-order valence-electron chi connectivity index (χ4n) is 1.46. The lowest BCUT2D eigenvalue weighted by Crippen LogP contribution is -2.28. The molecule has 1 rings (SSSR count). The van der Waals surface area contributed by atoms with Gasteiger partial charge in [0, 0.05) is 25.7 Å². The van der Waals surface area contributed by atoms with Gasteiger partial charge in [0.15, 0.2) is 0 Å². The van der Waals surface area contributed by atoms with E-state index in [4.69, 9.17) is 11.1 Å². The number of nitrogens with zero attached hydrogens (tertiary/aromatic N) is 2. The van der Waals surface area contributed by atoms with Crippen molar-refractivity contribution in [3.8, 4) is 0 Å². The van der Waals surface area contributed by atoms with Crippen molar-refractivity contribution in [2.24, 2.45) is 5.73 Å². The van der Waals surface area contributed by atoms with Crippen molar-refractivity contribution in [2.45, 2.75) is 19.5 Å². The van der Waals surface area contributed by atoms with E-state index < -0.39 is 11.7 Å². The number of anilines is 1. The van der Waals surface area contributed by atoms with Crippen LogP contribution in [0.5, 0.6) is 0 Å². The van der Waals surface area contributed by atoms with E-state index in [9.17, 15) is 13.2 Å². The molecule has 7 heteroatoms. The molecule has 1 heterocycles. The Kier molecular flexibility index (Phi) is 4.52. The van der Waals surface area contributed by atoms with E-state index in [1.54, 1.807) is 4.90 Å². The zero-order valence-electron chi connectivity index (χ0n) is 9.96. The van der Waals surface area contributed by atoms with Crippen LogP contribution in [0, 0.1) is 5.41 Å². The van der Waals surface area contributed by atoms with E-state index in [1.807, 2.05) is 6.92 Å². The second-order valence-electron chi connectivity index (χ2n) is 3.76. The fraction of sp³-hybridized carbons (Fsp3) is 0.455. The molecule has 1 aromatic heterocycles. The lowest BCUT2D eigenvalue weighted by Gasteiger charge is -2.22. The van der Waals surface area contributed by atoms with Gasteiger partial charge in [0.05, 0.1) is 11.4 Å². The van der Waals surface area contributed by atoms with E-state index >= 15 is 0 Å². The molecule has 0 radical (unpaired) electrons. The third-order valence-electron chi connectivity index (χ3n) is 2.43. The Balaban J connectivity index is 2.89. The Labute approximate surface area is 103 Å². The van der Waals surface area contributed by atoms with Gasteiger partial charge in [-0.1, -0.05) is 0 Å². The fourth-order valence-corrected chi connectivity index (χ4v) is 1.46. The van der Waals surface area contributed by atoms with Crippen molar-refractivity contribution in [3.63, 3.8) is 0 Å². The van der Waals surface area contributed by atoms with Gasteiger partial charge >= 0.3 is 6.18 Å². The molecule has 0 aromatic carbocycles. The molecule has 0 aliphatic heterocycles. The number of aromatic nitrogens is 1. The summed E-state index contributed by atoms with van der Waals surface area (Å²) in [4.78, 5) is 5.57. The van der Waals surface area contributed by atoms with Crippen molar-refractivity contribution in [3.05, 3.63) is 23.9 Å². The molecule has 0 bridgehead atoms. The molecule has 0 atom stereocenters. The average molecular weight is 260 g/mol. The van der Waals surface area contributed by atoms with Crippen molar-refractivity contribution in [1.82, 2.24) is 4.98 Å². The molecule has 0 aliphatic rings. The first-order valence-electron chi connectivity index (χ1n) is 5.45. The van der Waals surface area contributed by atoms with Gasteiger partial charge in [-0.2, -0.15) is 13.2 Å². The number of alkyl halides is 3. The second-order valence-corrected chi connectivity index (χ2v) is 3.76. The van der Waals surface area contributed by atoms with E-state index in [-0.39, 0.29) is 11.7 Å². The molecule has 3 N–H and O–H groups in total. The lowest BCUT2D eigenvalue weighted by molar-refractivity contribution is -0.137. The van der Waals surface area contributed by atoms with Crippen LogP contribution in [0.3, 0.4) is 0 Å². The predicted molar refractivity (Wildman–Crippen MR) is 63.7 cm³/mol.